The fourth-order valence-corrected chi connectivity index (χ4v) is 1.54. The zero-order chi connectivity index (χ0) is 14.2. The lowest BCUT2D eigenvalue weighted by atomic mass is 9.84. The van der Waals surface area contributed by atoms with Crippen LogP contribution in [0, 0.1) is 5.41 Å². The number of ether oxygens (including phenoxy) is 2. The predicted octanol–water partition coefficient (Wildman–Crippen LogP) is 2.50. The molecule has 0 bridgehead atoms. The first-order valence-electron chi connectivity index (χ1n) is 6.63. The normalized spacial score (nSPS) is 12.6. The Bertz CT molecular complexity index is 249. The van der Waals surface area contributed by atoms with E-state index in [1.807, 2.05) is 13.8 Å². The van der Waals surface area contributed by atoms with E-state index in [1.165, 1.54) is 0 Å². The molecule has 4 heteroatoms. The molecule has 0 aliphatic carbocycles. The molecule has 0 radical (unpaired) electrons. The van der Waals surface area contributed by atoms with Gasteiger partial charge in [-0.15, -0.1) is 0 Å². The minimum Gasteiger partial charge on any atom is -0.466 e. The number of hydrogen-bond donors (Lipinski definition) is 1. The molecule has 18 heavy (non-hydrogen) atoms. The number of carbonyl (C=O) groups excluding carboxylic acids is 1. The Kier molecular flexibility index (Phi) is 7.48. The third-order valence-electron chi connectivity index (χ3n) is 3.35. The van der Waals surface area contributed by atoms with Gasteiger partial charge in [0.25, 0.3) is 0 Å². The maximum atomic E-state index is 11.6. The van der Waals surface area contributed by atoms with E-state index in [4.69, 9.17) is 15.2 Å². The summed E-state index contributed by atoms with van der Waals surface area (Å²) < 4.78 is 10.5. The molecule has 0 amide bonds. The van der Waals surface area contributed by atoms with Crippen molar-refractivity contribution in [1.29, 1.82) is 0 Å². The van der Waals surface area contributed by atoms with Crippen LogP contribution >= 0.6 is 0 Å². The van der Waals surface area contributed by atoms with Crippen molar-refractivity contribution in [3.8, 4) is 0 Å². The molecule has 0 aromatic carbocycles. The third-order valence-corrected chi connectivity index (χ3v) is 3.35. The number of methoxy groups -OCH3 is 1. The molecular formula is C14H29NO3. The fourth-order valence-electron chi connectivity index (χ4n) is 1.54. The van der Waals surface area contributed by atoms with Crippen molar-refractivity contribution in [3.05, 3.63) is 0 Å². The second kappa shape index (κ2) is 7.74. The molecule has 0 spiro atoms. The van der Waals surface area contributed by atoms with E-state index in [9.17, 15) is 4.79 Å². The summed E-state index contributed by atoms with van der Waals surface area (Å²) in [5.74, 6) is -0.132. The standard InChI is InChI=1S/C14H29NO3/c1-13(2,8-10-15)7-6-12(16)18-11-9-14(3,4)17-5/h6-11,15H2,1-5H3. The molecule has 0 heterocycles. The van der Waals surface area contributed by atoms with E-state index in [2.05, 4.69) is 13.8 Å². The van der Waals surface area contributed by atoms with Crippen LogP contribution in [0.1, 0.15) is 53.4 Å². The van der Waals surface area contributed by atoms with E-state index in [0.29, 0.717) is 26.0 Å². The second-order valence-corrected chi connectivity index (χ2v) is 6.14. The van der Waals surface area contributed by atoms with Crippen LogP contribution in [-0.2, 0) is 14.3 Å². The van der Waals surface area contributed by atoms with E-state index in [-0.39, 0.29) is 17.0 Å². The highest BCUT2D eigenvalue weighted by Crippen LogP contribution is 2.26. The van der Waals surface area contributed by atoms with Crippen molar-refractivity contribution >= 4 is 5.97 Å². The highest BCUT2D eigenvalue weighted by molar-refractivity contribution is 5.69. The monoisotopic (exact) mass is 259 g/mol. The van der Waals surface area contributed by atoms with Gasteiger partial charge in [-0.05, 0) is 38.6 Å². The van der Waals surface area contributed by atoms with Crippen molar-refractivity contribution in [2.24, 2.45) is 11.1 Å². The Morgan fingerprint density at radius 2 is 1.72 bits per heavy atom. The quantitative estimate of drug-likeness (QED) is 0.646. The maximum absolute atomic E-state index is 11.6. The summed E-state index contributed by atoms with van der Waals surface area (Å²) in [5.41, 5.74) is 5.41. The van der Waals surface area contributed by atoms with Gasteiger partial charge in [-0.25, -0.2) is 0 Å². The van der Waals surface area contributed by atoms with Crippen molar-refractivity contribution in [1.82, 2.24) is 0 Å². The Balaban J connectivity index is 3.79. The van der Waals surface area contributed by atoms with Crippen LogP contribution in [0.4, 0.5) is 0 Å². The highest BCUT2D eigenvalue weighted by atomic mass is 16.5. The summed E-state index contributed by atoms with van der Waals surface area (Å²) in [6, 6.07) is 0. The van der Waals surface area contributed by atoms with Gasteiger partial charge < -0.3 is 15.2 Å². The number of nitrogens with two attached hydrogens (primary N) is 1. The van der Waals surface area contributed by atoms with Gasteiger partial charge in [-0.2, -0.15) is 0 Å². The van der Waals surface area contributed by atoms with Gasteiger partial charge in [0.15, 0.2) is 0 Å². The lowest BCUT2D eigenvalue weighted by Gasteiger charge is -2.24. The molecule has 0 rings (SSSR count). The molecular weight excluding hydrogens is 230 g/mol. The first kappa shape index (κ1) is 17.4. The summed E-state index contributed by atoms with van der Waals surface area (Å²) in [7, 11) is 1.66. The van der Waals surface area contributed by atoms with Crippen molar-refractivity contribution in [2.45, 2.75) is 59.0 Å². The Labute approximate surface area is 111 Å². The third kappa shape index (κ3) is 8.48. The molecule has 0 aromatic heterocycles. The summed E-state index contributed by atoms with van der Waals surface area (Å²) in [5, 5.41) is 0. The fraction of sp³-hybridized carbons (Fsp3) is 0.929. The lowest BCUT2D eigenvalue weighted by molar-refractivity contribution is -0.145. The van der Waals surface area contributed by atoms with Gasteiger partial charge in [-0.1, -0.05) is 13.8 Å². The number of rotatable bonds is 9. The first-order valence-corrected chi connectivity index (χ1v) is 6.63. The van der Waals surface area contributed by atoms with E-state index >= 15 is 0 Å². The van der Waals surface area contributed by atoms with Gasteiger partial charge in [0.1, 0.15) is 0 Å². The van der Waals surface area contributed by atoms with Crippen molar-refractivity contribution < 1.29 is 14.3 Å². The Hall–Kier alpha value is -0.610. The number of esters is 1. The maximum Gasteiger partial charge on any atom is 0.305 e. The minimum absolute atomic E-state index is 0.111. The first-order chi connectivity index (χ1) is 8.22. The molecule has 108 valence electrons. The van der Waals surface area contributed by atoms with Crippen molar-refractivity contribution in [3.63, 3.8) is 0 Å². The number of hydrogen-bond acceptors (Lipinski definition) is 4. The van der Waals surface area contributed by atoms with E-state index in [1.54, 1.807) is 7.11 Å². The Morgan fingerprint density at radius 1 is 1.11 bits per heavy atom. The van der Waals surface area contributed by atoms with Crippen LogP contribution in [0.2, 0.25) is 0 Å². The van der Waals surface area contributed by atoms with Crippen molar-refractivity contribution in [2.75, 3.05) is 20.3 Å². The molecule has 0 saturated heterocycles. The number of carbonyl (C=O) groups is 1. The topological polar surface area (TPSA) is 61.5 Å². The zero-order valence-electron chi connectivity index (χ0n) is 12.5. The molecule has 0 aromatic rings. The molecule has 4 nitrogen and oxygen atoms in total. The molecule has 0 aliphatic rings. The summed E-state index contributed by atoms with van der Waals surface area (Å²) >= 11 is 0. The van der Waals surface area contributed by atoms with Gasteiger partial charge in [-0.3, -0.25) is 4.79 Å². The summed E-state index contributed by atoms with van der Waals surface area (Å²) in [6.07, 6.45) is 2.91. The minimum atomic E-state index is -0.237. The smallest absolute Gasteiger partial charge is 0.305 e. The molecule has 0 unspecified atom stereocenters. The van der Waals surface area contributed by atoms with Gasteiger partial charge in [0.2, 0.25) is 0 Å². The van der Waals surface area contributed by atoms with Crippen LogP contribution in [0.5, 0.6) is 0 Å². The summed E-state index contributed by atoms with van der Waals surface area (Å²) in [6.45, 7) is 9.28. The van der Waals surface area contributed by atoms with E-state index in [0.717, 1.165) is 12.8 Å². The van der Waals surface area contributed by atoms with Gasteiger partial charge in [0, 0.05) is 20.0 Å². The molecule has 0 saturated carbocycles. The Morgan fingerprint density at radius 3 is 2.22 bits per heavy atom. The van der Waals surface area contributed by atoms with Crippen LogP contribution in [-0.4, -0.2) is 31.8 Å². The predicted molar refractivity (Wildman–Crippen MR) is 73.4 cm³/mol. The second-order valence-electron chi connectivity index (χ2n) is 6.14. The highest BCUT2D eigenvalue weighted by Gasteiger charge is 2.20. The average Bonchev–Trinajstić information content (AvgIpc) is 2.26. The van der Waals surface area contributed by atoms with Gasteiger partial charge >= 0.3 is 5.97 Å². The lowest BCUT2D eigenvalue weighted by Crippen LogP contribution is -2.25. The van der Waals surface area contributed by atoms with Crippen LogP contribution in [0.3, 0.4) is 0 Å². The average molecular weight is 259 g/mol. The molecule has 0 fully saturated rings. The van der Waals surface area contributed by atoms with Crippen LogP contribution < -0.4 is 5.73 Å². The SMILES string of the molecule is COC(C)(C)CCOC(=O)CCC(C)(C)CCN. The largest absolute Gasteiger partial charge is 0.466 e. The molecule has 0 atom stereocenters. The van der Waals surface area contributed by atoms with E-state index < -0.39 is 0 Å². The molecule has 0 aliphatic heterocycles. The zero-order valence-corrected chi connectivity index (χ0v) is 12.5. The van der Waals surface area contributed by atoms with Gasteiger partial charge in [0.05, 0.1) is 12.2 Å². The van der Waals surface area contributed by atoms with Crippen LogP contribution in [0.15, 0.2) is 0 Å². The molecule has 2 N–H and O–H groups in total. The van der Waals surface area contributed by atoms with Crippen LogP contribution in [0.25, 0.3) is 0 Å². The summed E-state index contributed by atoms with van der Waals surface area (Å²) in [4.78, 5) is 11.6.